The van der Waals surface area contributed by atoms with Gasteiger partial charge in [0.25, 0.3) is 6.71 Å². The van der Waals surface area contributed by atoms with Gasteiger partial charge in [-0.3, -0.25) is 0 Å². The van der Waals surface area contributed by atoms with Crippen LogP contribution in [0, 0.1) is 31.8 Å². The molecule has 5 heteroatoms. The molecule has 59 heavy (non-hydrogen) atoms. The number of hydrogen-bond acceptors (Lipinski definition) is 1. The summed E-state index contributed by atoms with van der Waals surface area (Å²) in [6, 6.07) is 57.3. The molecule has 0 amide bonds. The summed E-state index contributed by atoms with van der Waals surface area (Å²) in [5, 5.41) is 19.5. The van der Waals surface area contributed by atoms with Crippen molar-refractivity contribution in [2.24, 2.45) is 0 Å². The Morgan fingerprint density at radius 1 is 0.542 bits per heavy atom. The summed E-state index contributed by atoms with van der Waals surface area (Å²) >= 11 is 0. The Morgan fingerprint density at radius 2 is 1.10 bits per heavy atom. The van der Waals surface area contributed by atoms with Crippen molar-refractivity contribution in [3.8, 4) is 39.7 Å². The molecule has 13 rings (SSSR count). The predicted molar refractivity (Wildman–Crippen MR) is 246 cm³/mol. The molecule has 4 nitrogen and oxygen atoms in total. The smallest absolute Gasteiger partial charge is 0.252 e. The van der Waals surface area contributed by atoms with E-state index in [1.807, 2.05) is 12.1 Å². The van der Waals surface area contributed by atoms with Crippen LogP contribution in [-0.4, -0.2) is 15.8 Å². The number of rotatable bonds is 2. The third-order valence-electron chi connectivity index (χ3n) is 13.3. The Kier molecular flexibility index (Phi) is 6.22. The topological polar surface area (TPSA) is 38.0 Å². The number of benzene rings is 9. The van der Waals surface area contributed by atoms with Crippen LogP contribution in [-0.2, 0) is 0 Å². The van der Waals surface area contributed by atoms with Crippen LogP contribution >= 0.6 is 0 Å². The summed E-state index contributed by atoms with van der Waals surface area (Å²) in [5.74, 6) is 0. The van der Waals surface area contributed by atoms with E-state index in [0.29, 0.717) is 11.3 Å². The number of nitrogens with zero attached hydrogens (tertiary/aromatic N) is 4. The highest BCUT2D eigenvalue weighted by Gasteiger charge is 2.42. The second kappa shape index (κ2) is 11.4. The van der Waals surface area contributed by atoms with Gasteiger partial charge in [-0.05, 0) is 133 Å². The average molecular weight is 747 g/mol. The molecule has 2 aliphatic rings. The Bertz CT molecular complexity index is 3610. The van der Waals surface area contributed by atoms with E-state index >= 15 is 0 Å². The Labute approximate surface area is 340 Å². The molecule has 9 aromatic carbocycles. The molecule has 0 atom stereocenters. The Morgan fingerprint density at radius 3 is 1.69 bits per heavy atom. The molecule has 2 aromatic heterocycles. The van der Waals surface area contributed by atoms with Gasteiger partial charge in [0.1, 0.15) is 0 Å². The number of hydrogen-bond donors (Lipinski definition) is 0. The number of aryl methyl sites for hydroxylation is 2. The zero-order chi connectivity index (χ0) is 39.3. The van der Waals surface area contributed by atoms with Crippen LogP contribution in [0.4, 0.5) is 5.69 Å². The van der Waals surface area contributed by atoms with Crippen LogP contribution in [0.15, 0.2) is 152 Å². The zero-order valence-electron chi connectivity index (χ0n) is 32.3. The minimum Gasteiger partial charge on any atom is -0.310 e. The fourth-order valence-corrected chi connectivity index (χ4v) is 11.0. The molecule has 0 aliphatic carbocycles. The first-order valence-electron chi connectivity index (χ1n) is 20.1. The minimum absolute atomic E-state index is 0.0692. The first-order chi connectivity index (χ1) is 29.0. The predicted octanol–water partition coefficient (Wildman–Crippen LogP) is 11.7. The quantitative estimate of drug-likeness (QED) is 0.128. The number of fused-ring (bicyclic) bond motifs is 14. The van der Waals surface area contributed by atoms with Crippen LogP contribution in [0.2, 0.25) is 0 Å². The van der Waals surface area contributed by atoms with E-state index in [-0.39, 0.29) is 6.71 Å². The molecule has 0 N–H and O–H groups in total. The molecule has 0 unspecified atom stereocenters. The maximum absolute atomic E-state index is 10.2. The maximum atomic E-state index is 10.2. The van der Waals surface area contributed by atoms with Gasteiger partial charge in [0.15, 0.2) is 5.69 Å². The summed E-state index contributed by atoms with van der Waals surface area (Å²) < 4.78 is 5.01. The maximum Gasteiger partial charge on any atom is 0.252 e. The van der Waals surface area contributed by atoms with Gasteiger partial charge >= 0.3 is 0 Å². The van der Waals surface area contributed by atoms with Gasteiger partial charge < -0.3 is 9.13 Å². The summed E-state index contributed by atoms with van der Waals surface area (Å²) in [7, 11) is 0. The van der Waals surface area contributed by atoms with Crippen molar-refractivity contribution in [1.29, 1.82) is 5.26 Å². The molecule has 4 heterocycles. The molecular weight excluding hydrogens is 715 g/mol. The van der Waals surface area contributed by atoms with Crippen molar-refractivity contribution in [1.82, 2.24) is 9.13 Å². The SMILES string of the molecule is [C-]#[N+]c1ccc2c(c1)c1c3ccccc3cc3c1n2-c1cc(-c2c(C)cc(-c4ccccc4)cc2C)cc2c1B3c1cc3ccccc3c3c4cc(C#N)ccc4n-2c13. The normalized spacial score (nSPS) is 12.5. The minimum atomic E-state index is -0.0692. The lowest BCUT2D eigenvalue weighted by Gasteiger charge is -2.35. The lowest BCUT2D eigenvalue weighted by molar-refractivity contribution is 1.14. The van der Waals surface area contributed by atoms with E-state index in [1.165, 1.54) is 87.6 Å². The molecule has 2 aliphatic heterocycles. The number of nitriles is 1. The molecule has 0 saturated heterocycles. The Balaban J connectivity index is 1.26. The van der Waals surface area contributed by atoms with Gasteiger partial charge in [-0.25, -0.2) is 4.85 Å². The van der Waals surface area contributed by atoms with Crippen LogP contribution in [0.1, 0.15) is 16.7 Å². The monoisotopic (exact) mass is 746 g/mol. The van der Waals surface area contributed by atoms with E-state index in [9.17, 15) is 5.26 Å². The van der Waals surface area contributed by atoms with E-state index in [0.717, 1.165) is 38.7 Å². The van der Waals surface area contributed by atoms with Crippen molar-refractivity contribution in [2.75, 3.05) is 0 Å². The first-order valence-corrected chi connectivity index (χ1v) is 20.1. The van der Waals surface area contributed by atoms with Crippen LogP contribution < -0.4 is 16.4 Å². The molecule has 0 saturated carbocycles. The molecule has 0 radical (unpaired) electrons. The van der Waals surface area contributed by atoms with Crippen molar-refractivity contribution in [2.45, 2.75) is 13.8 Å². The van der Waals surface area contributed by atoms with E-state index in [2.05, 4.69) is 173 Å². The molecule has 0 bridgehead atoms. The molecular formula is C54H31BN4. The third kappa shape index (κ3) is 4.11. The van der Waals surface area contributed by atoms with Gasteiger partial charge in [0.05, 0.1) is 34.8 Å². The average Bonchev–Trinajstić information content (AvgIpc) is 3.80. The highest BCUT2D eigenvalue weighted by Crippen LogP contribution is 2.45. The third-order valence-corrected chi connectivity index (χ3v) is 13.3. The van der Waals surface area contributed by atoms with Crippen molar-refractivity contribution in [3.05, 3.63) is 180 Å². The van der Waals surface area contributed by atoms with Crippen molar-refractivity contribution < 1.29 is 0 Å². The van der Waals surface area contributed by atoms with Gasteiger partial charge in [-0.2, -0.15) is 5.26 Å². The second-order valence-corrected chi connectivity index (χ2v) is 16.4. The fraction of sp³-hybridized carbons (Fsp3) is 0.0370. The molecule has 270 valence electrons. The largest absolute Gasteiger partial charge is 0.310 e. The fourth-order valence-electron chi connectivity index (χ4n) is 11.0. The van der Waals surface area contributed by atoms with E-state index in [4.69, 9.17) is 6.57 Å². The summed E-state index contributed by atoms with van der Waals surface area (Å²) in [5.41, 5.74) is 19.3. The van der Waals surface area contributed by atoms with Gasteiger partial charge in [0.2, 0.25) is 0 Å². The lowest BCUT2D eigenvalue weighted by Crippen LogP contribution is -2.59. The van der Waals surface area contributed by atoms with E-state index < -0.39 is 0 Å². The van der Waals surface area contributed by atoms with Crippen molar-refractivity contribution in [3.63, 3.8) is 0 Å². The molecule has 0 fully saturated rings. The summed E-state index contributed by atoms with van der Waals surface area (Å²) in [6.07, 6.45) is 0. The first kappa shape index (κ1) is 32.3. The van der Waals surface area contributed by atoms with Gasteiger partial charge in [-0.15, -0.1) is 0 Å². The summed E-state index contributed by atoms with van der Waals surface area (Å²) in [6.45, 7) is 12.4. The van der Waals surface area contributed by atoms with E-state index in [1.54, 1.807) is 0 Å². The number of aromatic nitrogens is 2. The van der Waals surface area contributed by atoms with Crippen LogP contribution in [0.25, 0.3) is 104 Å². The van der Waals surface area contributed by atoms with Crippen molar-refractivity contribution >= 4 is 93.9 Å². The van der Waals surface area contributed by atoms with Crippen LogP contribution in [0.5, 0.6) is 0 Å². The lowest BCUT2D eigenvalue weighted by atomic mass is 9.34. The molecule has 11 aromatic rings. The highest BCUT2D eigenvalue weighted by atomic mass is 15.0. The van der Waals surface area contributed by atoms with Gasteiger partial charge in [0, 0.05) is 33.1 Å². The molecule has 0 spiro atoms. The highest BCUT2D eigenvalue weighted by molar-refractivity contribution is 7.00. The zero-order valence-corrected chi connectivity index (χ0v) is 32.3. The van der Waals surface area contributed by atoms with Crippen LogP contribution in [0.3, 0.4) is 0 Å². The summed E-state index contributed by atoms with van der Waals surface area (Å²) in [4.78, 5) is 3.92. The second-order valence-electron chi connectivity index (χ2n) is 16.4. The standard InChI is InChI=1S/C54H31BN4/c1-30-21-36(33-11-5-4-6-12-33)22-31(2)49(30)37-26-47-52-48(27-37)59-46-20-18-38(57-3)28-42(46)51-40-16-10-8-14-35(40)25-44(54(51)59)55(52)43-24-34-13-7-9-15-39(34)50-41-23-32(29-56)17-19-45(41)58(47)53(43)50/h4-28H,1-2H3. The van der Waals surface area contributed by atoms with Gasteiger partial charge in [-0.1, -0.05) is 109 Å². The Hall–Kier alpha value is -7.86.